The summed E-state index contributed by atoms with van der Waals surface area (Å²) in [5.41, 5.74) is 0. The molecule has 1 N–H and O–H groups in total. The summed E-state index contributed by atoms with van der Waals surface area (Å²) in [5.74, 6) is 0.538. The Morgan fingerprint density at radius 3 is 2.81 bits per heavy atom. The standard InChI is InChI=1S/C16H21N7O3/c1-22(2)16(25)23-8-3-5-11(10-23)15(24)19-9-12-20-14(21-26-12)13-17-6-4-7-18-13/h4,6-7,11H,3,5,8-10H2,1-2H3,(H,19,24)/t11-/m0/s1. The van der Waals surface area contributed by atoms with Crippen LogP contribution in [0.1, 0.15) is 18.7 Å². The third-order valence-corrected chi connectivity index (χ3v) is 4.09. The second-order valence-electron chi connectivity index (χ2n) is 6.26. The molecule has 3 heterocycles. The number of likely N-dealkylation sites (tertiary alicyclic amines) is 1. The van der Waals surface area contributed by atoms with Gasteiger partial charge < -0.3 is 19.6 Å². The van der Waals surface area contributed by atoms with Gasteiger partial charge in [0, 0.05) is 39.6 Å². The fourth-order valence-corrected chi connectivity index (χ4v) is 2.79. The lowest BCUT2D eigenvalue weighted by atomic mass is 9.97. The van der Waals surface area contributed by atoms with E-state index in [2.05, 4.69) is 25.4 Å². The minimum Gasteiger partial charge on any atom is -0.347 e. The average molecular weight is 359 g/mol. The average Bonchev–Trinajstić information content (AvgIpc) is 3.15. The summed E-state index contributed by atoms with van der Waals surface area (Å²) in [6, 6.07) is 1.62. The Bertz CT molecular complexity index is 762. The van der Waals surface area contributed by atoms with Gasteiger partial charge in [-0.25, -0.2) is 14.8 Å². The number of hydrogen-bond acceptors (Lipinski definition) is 7. The monoisotopic (exact) mass is 359 g/mol. The summed E-state index contributed by atoms with van der Waals surface area (Å²) in [5, 5.41) is 6.61. The highest BCUT2D eigenvalue weighted by Gasteiger charge is 2.29. The molecule has 138 valence electrons. The third kappa shape index (κ3) is 4.13. The van der Waals surface area contributed by atoms with Crippen LogP contribution >= 0.6 is 0 Å². The molecule has 26 heavy (non-hydrogen) atoms. The smallest absolute Gasteiger partial charge is 0.319 e. The van der Waals surface area contributed by atoms with E-state index in [1.165, 1.54) is 4.90 Å². The number of carbonyl (C=O) groups excluding carboxylic acids is 2. The van der Waals surface area contributed by atoms with Gasteiger partial charge in [-0.1, -0.05) is 5.16 Å². The SMILES string of the molecule is CN(C)C(=O)N1CCC[C@H](C(=O)NCc2nc(-c3ncccn3)no2)C1. The van der Waals surface area contributed by atoms with Crippen molar-refractivity contribution >= 4 is 11.9 Å². The lowest BCUT2D eigenvalue weighted by Crippen LogP contribution is -2.48. The summed E-state index contributed by atoms with van der Waals surface area (Å²) in [6.07, 6.45) is 4.72. The molecule has 0 bridgehead atoms. The van der Waals surface area contributed by atoms with Gasteiger partial charge in [0.25, 0.3) is 0 Å². The van der Waals surface area contributed by atoms with Gasteiger partial charge in [-0.05, 0) is 18.9 Å². The van der Waals surface area contributed by atoms with Crippen LogP contribution < -0.4 is 5.32 Å². The molecule has 2 aromatic rings. The number of nitrogens with zero attached hydrogens (tertiary/aromatic N) is 6. The zero-order valence-electron chi connectivity index (χ0n) is 14.8. The molecule has 0 aliphatic carbocycles. The minimum absolute atomic E-state index is 0.0769. The molecule has 10 heteroatoms. The number of rotatable bonds is 4. The van der Waals surface area contributed by atoms with Crippen molar-refractivity contribution in [2.45, 2.75) is 19.4 Å². The topological polar surface area (TPSA) is 117 Å². The van der Waals surface area contributed by atoms with Gasteiger partial charge in [-0.3, -0.25) is 4.79 Å². The maximum absolute atomic E-state index is 12.4. The first-order chi connectivity index (χ1) is 12.5. The Balaban J connectivity index is 1.54. The maximum Gasteiger partial charge on any atom is 0.319 e. The van der Waals surface area contributed by atoms with Crippen LogP contribution in [0.15, 0.2) is 23.0 Å². The lowest BCUT2D eigenvalue weighted by Gasteiger charge is -2.33. The van der Waals surface area contributed by atoms with Gasteiger partial charge in [0.15, 0.2) is 0 Å². The normalized spacial score (nSPS) is 17.0. The number of urea groups is 1. The van der Waals surface area contributed by atoms with Crippen molar-refractivity contribution in [2.24, 2.45) is 5.92 Å². The Hall–Kier alpha value is -3.04. The molecule has 0 radical (unpaired) electrons. The quantitative estimate of drug-likeness (QED) is 0.846. The molecule has 1 aliphatic rings. The minimum atomic E-state index is -0.243. The second-order valence-corrected chi connectivity index (χ2v) is 6.26. The van der Waals surface area contributed by atoms with E-state index in [-0.39, 0.29) is 36.1 Å². The zero-order chi connectivity index (χ0) is 18.5. The van der Waals surface area contributed by atoms with Crippen LogP contribution in [0.25, 0.3) is 11.6 Å². The van der Waals surface area contributed by atoms with Crippen LogP contribution in [0, 0.1) is 5.92 Å². The van der Waals surface area contributed by atoms with Crippen molar-refractivity contribution in [2.75, 3.05) is 27.2 Å². The molecule has 3 amide bonds. The highest BCUT2D eigenvalue weighted by molar-refractivity contribution is 5.80. The molecule has 2 aromatic heterocycles. The van der Waals surface area contributed by atoms with Crippen molar-refractivity contribution in [3.63, 3.8) is 0 Å². The van der Waals surface area contributed by atoms with Crippen molar-refractivity contribution < 1.29 is 14.1 Å². The first-order valence-electron chi connectivity index (χ1n) is 8.38. The first kappa shape index (κ1) is 17.8. The molecule has 0 aromatic carbocycles. The Kier molecular flexibility index (Phi) is 5.40. The van der Waals surface area contributed by atoms with Gasteiger partial charge in [0.05, 0.1) is 12.5 Å². The van der Waals surface area contributed by atoms with E-state index >= 15 is 0 Å². The number of nitrogens with one attached hydrogen (secondary N) is 1. The molecule has 1 atom stereocenters. The fourth-order valence-electron chi connectivity index (χ4n) is 2.79. The van der Waals surface area contributed by atoms with Gasteiger partial charge >= 0.3 is 6.03 Å². The van der Waals surface area contributed by atoms with Crippen LogP contribution in [0.2, 0.25) is 0 Å². The molecular formula is C16H21N7O3. The maximum atomic E-state index is 12.4. The van der Waals surface area contributed by atoms with E-state index in [4.69, 9.17) is 4.52 Å². The van der Waals surface area contributed by atoms with E-state index < -0.39 is 0 Å². The number of carbonyl (C=O) groups is 2. The lowest BCUT2D eigenvalue weighted by molar-refractivity contribution is -0.126. The second kappa shape index (κ2) is 7.89. The summed E-state index contributed by atoms with van der Waals surface area (Å²) in [7, 11) is 3.41. The number of aromatic nitrogens is 4. The summed E-state index contributed by atoms with van der Waals surface area (Å²) >= 11 is 0. The van der Waals surface area contributed by atoms with Gasteiger partial charge in [-0.2, -0.15) is 4.98 Å². The largest absolute Gasteiger partial charge is 0.347 e. The number of piperidine rings is 1. The molecule has 0 unspecified atom stereocenters. The van der Waals surface area contributed by atoms with Gasteiger partial charge in [0.1, 0.15) is 0 Å². The van der Waals surface area contributed by atoms with Crippen LogP contribution in [0.5, 0.6) is 0 Å². The zero-order valence-corrected chi connectivity index (χ0v) is 14.8. The molecule has 1 saturated heterocycles. The van der Waals surface area contributed by atoms with Crippen molar-refractivity contribution in [3.05, 3.63) is 24.4 Å². The summed E-state index contributed by atoms with van der Waals surface area (Å²) in [6.45, 7) is 1.21. The van der Waals surface area contributed by atoms with Crippen molar-refractivity contribution in [1.29, 1.82) is 0 Å². The highest BCUT2D eigenvalue weighted by atomic mass is 16.5. The molecule has 3 rings (SSSR count). The molecule has 0 saturated carbocycles. The predicted molar refractivity (Wildman–Crippen MR) is 90.6 cm³/mol. The molecule has 0 spiro atoms. The Morgan fingerprint density at radius 2 is 2.08 bits per heavy atom. The first-order valence-corrected chi connectivity index (χ1v) is 8.38. The van der Waals surface area contributed by atoms with Gasteiger partial charge in [0.2, 0.25) is 23.4 Å². The van der Waals surface area contributed by atoms with E-state index in [1.54, 1.807) is 37.5 Å². The number of amides is 3. The van der Waals surface area contributed by atoms with Crippen LogP contribution in [0.3, 0.4) is 0 Å². The van der Waals surface area contributed by atoms with Crippen molar-refractivity contribution in [1.82, 2.24) is 35.2 Å². The Labute approximate surface area is 150 Å². The fraction of sp³-hybridized carbons (Fsp3) is 0.500. The van der Waals surface area contributed by atoms with E-state index in [0.29, 0.717) is 18.9 Å². The van der Waals surface area contributed by atoms with E-state index in [9.17, 15) is 9.59 Å². The molecule has 1 aliphatic heterocycles. The Morgan fingerprint density at radius 1 is 1.31 bits per heavy atom. The van der Waals surface area contributed by atoms with Crippen LogP contribution in [-0.4, -0.2) is 69.0 Å². The van der Waals surface area contributed by atoms with Crippen molar-refractivity contribution in [3.8, 4) is 11.6 Å². The third-order valence-electron chi connectivity index (χ3n) is 4.09. The molecule has 10 nitrogen and oxygen atoms in total. The van der Waals surface area contributed by atoms with Gasteiger partial charge in [-0.15, -0.1) is 0 Å². The number of hydrogen-bond donors (Lipinski definition) is 1. The summed E-state index contributed by atoms with van der Waals surface area (Å²) in [4.78, 5) is 40.0. The van der Waals surface area contributed by atoms with Crippen LogP contribution in [-0.2, 0) is 11.3 Å². The van der Waals surface area contributed by atoms with E-state index in [1.807, 2.05) is 0 Å². The van der Waals surface area contributed by atoms with E-state index in [0.717, 1.165) is 12.8 Å². The predicted octanol–water partition coefficient (Wildman–Crippen LogP) is 0.536. The molecular weight excluding hydrogens is 338 g/mol. The summed E-state index contributed by atoms with van der Waals surface area (Å²) < 4.78 is 5.12. The van der Waals surface area contributed by atoms with Crippen LogP contribution in [0.4, 0.5) is 4.79 Å². The molecule has 1 fully saturated rings. The highest BCUT2D eigenvalue weighted by Crippen LogP contribution is 2.18.